The van der Waals surface area contributed by atoms with E-state index in [0.29, 0.717) is 27.9 Å². The van der Waals surface area contributed by atoms with Crippen molar-refractivity contribution >= 4 is 62.3 Å². The maximum absolute atomic E-state index is 13.9. The number of likely N-dealkylation sites (N-methyl/N-ethyl adjacent to an activating group) is 1. The van der Waals surface area contributed by atoms with Crippen molar-refractivity contribution in [3.8, 4) is 5.75 Å². The molecule has 0 aliphatic heterocycles. The molecule has 0 aliphatic rings. The molecule has 0 aromatic heterocycles. The van der Waals surface area contributed by atoms with Gasteiger partial charge in [-0.05, 0) is 61.9 Å². The summed E-state index contributed by atoms with van der Waals surface area (Å²) in [7, 11) is -2.78. The van der Waals surface area contributed by atoms with Crippen molar-refractivity contribution in [3.63, 3.8) is 0 Å². The number of rotatable bonds is 11. The van der Waals surface area contributed by atoms with Crippen molar-refractivity contribution in [3.05, 3.63) is 87.4 Å². The van der Waals surface area contributed by atoms with Gasteiger partial charge >= 0.3 is 0 Å². The van der Waals surface area contributed by atoms with Crippen LogP contribution in [0.2, 0.25) is 15.1 Å². The van der Waals surface area contributed by atoms with E-state index in [1.165, 1.54) is 48.4 Å². The zero-order chi connectivity index (χ0) is 28.7. The van der Waals surface area contributed by atoms with E-state index in [9.17, 15) is 18.0 Å². The second kappa shape index (κ2) is 13.4. The SMILES string of the molecule is CCNC(=O)[C@@H](C)N(Cc1ccc(Cl)cc1Cl)C(=O)CN(c1ccc(OC)c(Cl)c1)S(=O)(=O)c1ccccc1. The molecule has 0 spiro atoms. The van der Waals surface area contributed by atoms with Crippen molar-refractivity contribution < 1.29 is 22.7 Å². The molecule has 2 amide bonds. The Balaban J connectivity index is 2.07. The highest BCUT2D eigenvalue weighted by Crippen LogP contribution is 2.32. The highest BCUT2D eigenvalue weighted by Gasteiger charge is 2.33. The van der Waals surface area contributed by atoms with Gasteiger partial charge in [0.05, 0.1) is 22.7 Å². The van der Waals surface area contributed by atoms with Crippen LogP contribution in [0.15, 0.2) is 71.6 Å². The molecule has 0 bridgehead atoms. The molecule has 0 radical (unpaired) electrons. The van der Waals surface area contributed by atoms with E-state index in [1.54, 1.807) is 44.2 Å². The smallest absolute Gasteiger partial charge is 0.264 e. The number of hydrogen-bond acceptors (Lipinski definition) is 5. The van der Waals surface area contributed by atoms with Gasteiger partial charge in [0.2, 0.25) is 11.8 Å². The predicted octanol–water partition coefficient (Wildman–Crippen LogP) is 5.40. The molecule has 208 valence electrons. The zero-order valence-corrected chi connectivity index (χ0v) is 24.6. The molecule has 0 saturated carbocycles. The largest absolute Gasteiger partial charge is 0.495 e. The van der Waals surface area contributed by atoms with Crippen molar-refractivity contribution in [1.82, 2.24) is 10.2 Å². The van der Waals surface area contributed by atoms with Gasteiger partial charge in [-0.3, -0.25) is 13.9 Å². The highest BCUT2D eigenvalue weighted by molar-refractivity contribution is 7.92. The van der Waals surface area contributed by atoms with E-state index >= 15 is 0 Å². The summed E-state index contributed by atoms with van der Waals surface area (Å²) in [6, 6.07) is 16.0. The van der Waals surface area contributed by atoms with Gasteiger partial charge in [0.25, 0.3) is 10.0 Å². The van der Waals surface area contributed by atoms with E-state index < -0.39 is 34.4 Å². The molecular weight excluding hydrogens is 585 g/mol. The lowest BCUT2D eigenvalue weighted by Crippen LogP contribution is -2.51. The summed E-state index contributed by atoms with van der Waals surface area (Å²) in [5.41, 5.74) is 0.684. The fourth-order valence-corrected chi connectivity index (χ4v) is 5.94. The monoisotopic (exact) mass is 611 g/mol. The second-order valence-electron chi connectivity index (χ2n) is 8.47. The molecule has 3 rings (SSSR count). The summed E-state index contributed by atoms with van der Waals surface area (Å²) in [4.78, 5) is 27.9. The standard InChI is InChI=1S/C27H28Cl3N3O5S/c1-4-31-27(35)18(2)32(16-19-10-11-20(28)14-23(19)29)26(34)17-33(21-12-13-25(38-3)24(30)15-21)39(36,37)22-8-6-5-7-9-22/h5-15,18H,4,16-17H2,1-3H3,(H,31,35)/t18-/m1/s1. The normalized spacial score (nSPS) is 11.9. The van der Waals surface area contributed by atoms with Crippen LogP contribution in [0.4, 0.5) is 5.69 Å². The van der Waals surface area contributed by atoms with Gasteiger partial charge in [-0.15, -0.1) is 0 Å². The Bertz CT molecular complexity index is 1440. The molecule has 39 heavy (non-hydrogen) atoms. The minimum Gasteiger partial charge on any atom is -0.495 e. The number of halogens is 3. The summed E-state index contributed by atoms with van der Waals surface area (Å²) in [6.07, 6.45) is 0. The van der Waals surface area contributed by atoms with E-state index in [1.807, 2.05) is 0 Å². The Labute approximate surface area is 243 Å². The van der Waals surface area contributed by atoms with Gasteiger partial charge in [0.1, 0.15) is 18.3 Å². The molecule has 0 aliphatic carbocycles. The highest BCUT2D eigenvalue weighted by atomic mass is 35.5. The third-order valence-electron chi connectivity index (χ3n) is 5.91. The first-order chi connectivity index (χ1) is 18.5. The molecule has 0 fully saturated rings. The van der Waals surface area contributed by atoms with Gasteiger partial charge in [-0.1, -0.05) is 59.1 Å². The first kappa shape index (κ1) is 30.6. The topological polar surface area (TPSA) is 96.0 Å². The lowest BCUT2D eigenvalue weighted by Gasteiger charge is -2.32. The van der Waals surface area contributed by atoms with E-state index in [4.69, 9.17) is 39.5 Å². The van der Waals surface area contributed by atoms with Crippen LogP contribution >= 0.6 is 34.8 Å². The Morgan fingerprint density at radius 2 is 1.67 bits per heavy atom. The van der Waals surface area contributed by atoms with Crippen molar-refractivity contribution in [2.45, 2.75) is 31.3 Å². The number of amides is 2. The maximum atomic E-state index is 13.9. The maximum Gasteiger partial charge on any atom is 0.264 e. The summed E-state index contributed by atoms with van der Waals surface area (Å²) in [5, 5.41) is 3.58. The number of carbonyl (C=O) groups is 2. The Kier molecular flexibility index (Phi) is 10.5. The molecule has 12 heteroatoms. The van der Waals surface area contributed by atoms with Gasteiger partial charge in [-0.2, -0.15) is 0 Å². The quantitative estimate of drug-likeness (QED) is 0.313. The Morgan fingerprint density at radius 3 is 2.26 bits per heavy atom. The molecule has 1 atom stereocenters. The lowest BCUT2D eigenvalue weighted by molar-refractivity contribution is -0.139. The number of carbonyl (C=O) groups excluding carboxylic acids is 2. The first-order valence-electron chi connectivity index (χ1n) is 11.9. The number of hydrogen-bond donors (Lipinski definition) is 1. The third-order valence-corrected chi connectivity index (χ3v) is 8.58. The number of anilines is 1. The predicted molar refractivity (Wildman–Crippen MR) is 154 cm³/mol. The number of nitrogens with zero attached hydrogens (tertiary/aromatic N) is 2. The Hall–Kier alpha value is -2.98. The fourth-order valence-electron chi connectivity index (χ4n) is 3.80. The summed E-state index contributed by atoms with van der Waals surface area (Å²) >= 11 is 18.7. The van der Waals surface area contributed by atoms with Crippen LogP contribution < -0.4 is 14.4 Å². The van der Waals surface area contributed by atoms with Gasteiger partial charge in [-0.25, -0.2) is 8.42 Å². The average molecular weight is 613 g/mol. The molecular formula is C27H28Cl3N3O5S. The lowest BCUT2D eigenvalue weighted by atomic mass is 10.1. The van der Waals surface area contributed by atoms with E-state index in [-0.39, 0.29) is 22.2 Å². The van der Waals surface area contributed by atoms with Crippen LogP contribution in [0.1, 0.15) is 19.4 Å². The summed E-state index contributed by atoms with van der Waals surface area (Å²) in [6.45, 7) is 3.00. The van der Waals surface area contributed by atoms with Gasteiger partial charge in [0.15, 0.2) is 0 Å². The zero-order valence-electron chi connectivity index (χ0n) is 21.5. The molecule has 0 unspecified atom stereocenters. The van der Waals surface area contributed by atoms with Gasteiger partial charge in [0, 0.05) is 23.1 Å². The van der Waals surface area contributed by atoms with Crippen LogP contribution in [-0.2, 0) is 26.2 Å². The number of ether oxygens (including phenoxy) is 1. The third kappa shape index (κ3) is 7.36. The molecule has 3 aromatic carbocycles. The van der Waals surface area contributed by atoms with Gasteiger partial charge < -0.3 is 15.0 Å². The van der Waals surface area contributed by atoms with Crippen LogP contribution in [0.25, 0.3) is 0 Å². The molecule has 0 saturated heterocycles. The Morgan fingerprint density at radius 1 is 0.974 bits per heavy atom. The van der Waals surface area contributed by atoms with Crippen molar-refractivity contribution in [2.75, 3.05) is 24.5 Å². The van der Waals surface area contributed by atoms with Crippen molar-refractivity contribution in [1.29, 1.82) is 0 Å². The summed E-state index contributed by atoms with van der Waals surface area (Å²) < 4.78 is 33.7. The second-order valence-corrected chi connectivity index (χ2v) is 11.6. The average Bonchev–Trinajstić information content (AvgIpc) is 2.91. The van der Waals surface area contributed by atoms with Crippen LogP contribution in [0.5, 0.6) is 5.75 Å². The minimum atomic E-state index is -4.22. The van der Waals surface area contributed by atoms with Crippen LogP contribution in [-0.4, -0.2) is 51.4 Å². The van der Waals surface area contributed by atoms with E-state index in [0.717, 1.165) is 4.31 Å². The number of nitrogens with one attached hydrogen (secondary N) is 1. The fraction of sp³-hybridized carbons (Fsp3) is 0.259. The van der Waals surface area contributed by atoms with Crippen LogP contribution in [0, 0.1) is 0 Å². The molecule has 3 aromatic rings. The molecule has 8 nitrogen and oxygen atoms in total. The minimum absolute atomic E-state index is 0.0196. The number of benzene rings is 3. The van der Waals surface area contributed by atoms with Crippen molar-refractivity contribution in [2.24, 2.45) is 0 Å². The van der Waals surface area contributed by atoms with E-state index in [2.05, 4.69) is 5.32 Å². The number of sulfonamides is 1. The molecule has 1 N–H and O–H groups in total. The molecule has 0 heterocycles. The van der Waals surface area contributed by atoms with Crippen LogP contribution in [0.3, 0.4) is 0 Å². The first-order valence-corrected chi connectivity index (χ1v) is 14.5. The summed E-state index contributed by atoms with van der Waals surface area (Å²) in [5.74, 6) is -0.695. The number of methoxy groups -OCH3 is 1.